The van der Waals surface area contributed by atoms with Crippen molar-refractivity contribution in [2.75, 3.05) is 10.8 Å². The van der Waals surface area contributed by atoms with Crippen LogP contribution in [0.5, 0.6) is 0 Å². The Morgan fingerprint density at radius 1 is 1.47 bits per heavy atom. The maximum absolute atomic E-state index is 13.8. The second-order valence-corrected chi connectivity index (χ2v) is 6.00. The average Bonchev–Trinajstić information content (AvgIpc) is 2.87. The molecule has 2 rings (SSSR count). The molecule has 1 N–H and O–H groups in total. The zero-order chi connectivity index (χ0) is 14.0. The highest BCUT2D eigenvalue weighted by Gasteiger charge is 2.26. The monoisotopic (exact) mass is 303 g/mol. The summed E-state index contributed by atoms with van der Waals surface area (Å²) in [5.74, 6) is -0.693. The molecule has 1 aromatic heterocycles. The molecule has 19 heavy (non-hydrogen) atoms. The molecule has 0 atom stereocenters. The first-order valence-corrected chi connectivity index (χ1v) is 7.25. The molecule has 0 fully saturated rings. The maximum atomic E-state index is 13.8. The number of nitrogens with one attached hydrogen (secondary N) is 1. The highest BCUT2D eigenvalue weighted by molar-refractivity contribution is 7.92. The predicted octanol–water partition coefficient (Wildman–Crippen LogP) is 2.42. The molecular formula is C11H11ClFN3O2S. The Morgan fingerprint density at radius 2 is 2.21 bits per heavy atom. The molecule has 8 heteroatoms. The van der Waals surface area contributed by atoms with E-state index in [0.717, 1.165) is 10.4 Å². The van der Waals surface area contributed by atoms with Crippen molar-refractivity contribution in [1.82, 2.24) is 10.2 Å². The molecule has 0 unspecified atom stereocenters. The number of anilines is 1. The summed E-state index contributed by atoms with van der Waals surface area (Å²) in [5.41, 5.74) is -0.0481. The van der Waals surface area contributed by atoms with E-state index in [-0.39, 0.29) is 22.2 Å². The summed E-state index contributed by atoms with van der Waals surface area (Å²) in [7, 11) is -3.84. The molecular weight excluding hydrogens is 293 g/mol. The van der Waals surface area contributed by atoms with Gasteiger partial charge >= 0.3 is 0 Å². The van der Waals surface area contributed by atoms with Crippen molar-refractivity contribution in [3.05, 3.63) is 41.4 Å². The molecule has 5 nitrogen and oxygen atoms in total. The van der Waals surface area contributed by atoms with E-state index in [1.54, 1.807) is 6.92 Å². The van der Waals surface area contributed by atoms with Gasteiger partial charge in [-0.25, -0.2) is 12.8 Å². The van der Waals surface area contributed by atoms with Crippen LogP contribution in [-0.4, -0.2) is 25.2 Å². The van der Waals surface area contributed by atoms with Crippen LogP contribution in [0.2, 0.25) is 5.02 Å². The standard InChI is InChI=1S/C11H11ClFN3O2S/c1-2-16(11-4-3-8(12)5-10(11)13)19(17,18)9-6-14-15-7-9/h3-7H,2H2,1H3,(H,14,15). The van der Waals surface area contributed by atoms with E-state index in [2.05, 4.69) is 10.2 Å². The third-order valence-electron chi connectivity index (χ3n) is 2.53. The highest BCUT2D eigenvalue weighted by atomic mass is 35.5. The smallest absolute Gasteiger partial charge is 0.267 e. The lowest BCUT2D eigenvalue weighted by atomic mass is 10.3. The molecule has 0 radical (unpaired) electrons. The Bertz CT molecular complexity index is 673. The van der Waals surface area contributed by atoms with Gasteiger partial charge < -0.3 is 0 Å². The van der Waals surface area contributed by atoms with E-state index in [9.17, 15) is 12.8 Å². The van der Waals surface area contributed by atoms with Crippen LogP contribution in [0.25, 0.3) is 0 Å². The number of hydrogen-bond donors (Lipinski definition) is 1. The number of halogens is 2. The second kappa shape index (κ2) is 5.18. The number of nitrogens with zero attached hydrogens (tertiary/aromatic N) is 2. The van der Waals surface area contributed by atoms with Crippen LogP contribution in [0, 0.1) is 5.82 Å². The molecule has 0 bridgehead atoms. The van der Waals surface area contributed by atoms with Crippen LogP contribution < -0.4 is 4.31 Å². The summed E-state index contributed by atoms with van der Waals surface area (Å²) >= 11 is 5.66. The largest absolute Gasteiger partial charge is 0.284 e. The predicted molar refractivity (Wildman–Crippen MR) is 70.2 cm³/mol. The third-order valence-corrected chi connectivity index (χ3v) is 4.62. The quantitative estimate of drug-likeness (QED) is 0.943. The van der Waals surface area contributed by atoms with E-state index in [1.165, 1.54) is 24.5 Å². The van der Waals surface area contributed by atoms with E-state index in [1.807, 2.05) is 0 Å². The van der Waals surface area contributed by atoms with Gasteiger partial charge in [-0.15, -0.1) is 0 Å². The fourth-order valence-corrected chi connectivity index (χ4v) is 3.21. The summed E-state index contributed by atoms with van der Waals surface area (Å²) in [6.07, 6.45) is 2.41. The van der Waals surface area contributed by atoms with Crippen molar-refractivity contribution in [1.29, 1.82) is 0 Å². The van der Waals surface area contributed by atoms with Gasteiger partial charge in [-0.3, -0.25) is 9.40 Å². The molecule has 2 aromatic rings. The van der Waals surface area contributed by atoms with Crippen LogP contribution in [0.15, 0.2) is 35.5 Å². The minimum absolute atomic E-state index is 0.0244. The Balaban J connectivity index is 2.51. The molecule has 0 aliphatic rings. The molecule has 0 aliphatic heterocycles. The highest BCUT2D eigenvalue weighted by Crippen LogP contribution is 2.27. The first-order chi connectivity index (χ1) is 8.96. The van der Waals surface area contributed by atoms with Crippen molar-refractivity contribution in [2.24, 2.45) is 0 Å². The summed E-state index contributed by atoms with van der Waals surface area (Å²) in [6.45, 7) is 1.71. The zero-order valence-corrected chi connectivity index (χ0v) is 11.5. The molecule has 1 aromatic carbocycles. The Labute approximate surface area is 115 Å². The van der Waals surface area contributed by atoms with Crippen LogP contribution in [0.4, 0.5) is 10.1 Å². The van der Waals surface area contributed by atoms with Crippen LogP contribution in [0.1, 0.15) is 6.92 Å². The van der Waals surface area contributed by atoms with Gasteiger partial charge in [-0.2, -0.15) is 5.10 Å². The van der Waals surface area contributed by atoms with Gasteiger partial charge in [0.05, 0.1) is 11.9 Å². The topological polar surface area (TPSA) is 66.1 Å². The molecule has 0 aliphatic carbocycles. The van der Waals surface area contributed by atoms with Crippen molar-refractivity contribution >= 4 is 27.3 Å². The fourth-order valence-electron chi connectivity index (χ4n) is 1.66. The van der Waals surface area contributed by atoms with Crippen LogP contribution in [-0.2, 0) is 10.0 Å². The van der Waals surface area contributed by atoms with Gasteiger partial charge in [-0.1, -0.05) is 11.6 Å². The molecule has 0 amide bonds. The Hall–Kier alpha value is -1.60. The summed E-state index contributed by atoms with van der Waals surface area (Å²) < 4.78 is 39.5. The lowest BCUT2D eigenvalue weighted by Crippen LogP contribution is -2.31. The molecule has 102 valence electrons. The van der Waals surface area contributed by atoms with E-state index in [0.29, 0.717) is 0 Å². The molecule has 0 saturated carbocycles. The summed E-state index contributed by atoms with van der Waals surface area (Å²) in [5, 5.41) is 6.22. The lowest BCUT2D eigenvalue weighted by molar-refractivity contribution is 0.586. The average molecular weight is 304 g/mol. The van der Waals surface area contributed by atoms with Crippen LogP contribution in [0.3, 0.4) is 0 Å². The minimum Gasteiger partial charge on any atom is -0.284 e. The number of hydrogen-bond acceptors (Lipinski definition) is 3. The number of aromatic nitrogens is 2. The van der Waals surface area contributed by atoms with Crippen molar-refractivity contribution in [3.63, 3.8) is 0 Å². The summed E-state index contributed by atoms with van der Waals surface area (Å²) in [4.78, 5) is -0.0244. The summed E-state index contributed by atoms with van der Waals surface area (Å²) in [6, 6.07) is 3.84. The number of sulfonamides is 1. The fraction of sp³-hybridized carbons (Fsp3) is 0.182. The van der Waals surface area contributed by atoms with Crippen molar-refractivity contribution in [2.45, 2.75) is 11.8 Å². The lowest BCUT2D eigenvalue weighted by Gasteiger charge is -2.22. The first kappa shape index (κ1) is 13.8. The number of H-pyrrole nitrogens is 1. The zero-order valence-electron chi connectivity index (χ0n) is 9.97. The molecule has 0 spiro atoms. The maximum Gasteiger partial charge on any atom is 0.267 e. The van der Waals surface area contributed by atoms with Gasteiger partial charge in [0.2, 0.25) is 0 Å². The van der Waals surface area contributed by atoms with Gasteiger partial charge in [0.25, 0.3) is 10.0 Å². The van der Waals surface area contributed by atoms with Gasteiger partial charge in [0, 0.05) is 17.8 Å². The van der Waals surface area contributed by atoms with Gasteiger partial charge in [-0.05, 0) is 25.1 Å². The normalized spacial score (nSPS) is 11.5. The van der Waals surface area contributed by atoms with Crippen molar-refractivity contribution in [3.8, 4) is 0 Å². The Morgan fingerprint density at radius 3 is 2.74 bits per heavy atom. The SMILES string of the molecule is CCN(c1ccc(Cl)cc1F)S(=O)(=O)c1cn[nH]c1. The van der Waals surface area contributed by atoms with E-state index >= 15 is 0 Å². The van der Waals surface area contributed by atoms with E-state index in [4.69, 9.17) is 11.6 Å². The minimum atomic E-state index is -3.84. The number of rotatable bonds is 4. The van der Waals surface area contributed by atoms with Gasteiger partial charge in [0.1, 0.15) is 10.7 Å². The molecule has 1 heterocycles. The van der Waals surface area contributed by atoms with Crippen molar-refractivity contribution < 1.29 is 12.8 Å². The first-order valence-electron chi connectivity index (χ1n) is 5.43. The third kappa shape index (κ3) is 2.57. The molecule has 0 saturated heterocycles. The van der Waals surface area contributed by atoms with Gasteiger partial charge in [0.15, 0.2) is 0 Å². The Kier molecular flexibility index (Phi) is 3.77. The van der Waals surface area contributed by atoms with E-state index < -0.39 is 15.8 Å². The van der Waals surface area contributed by atoms with Crippen LogP contribution >= 0.6 is 11.6 Å². The number of aromatic amines is 1. The number of benzene rings is 1. The second-order valence-electron chi connectivity index (χ2n) is 3.70.